The Morgan fingerprint density at radius 2 is 2.05 bits per heavy atom. The van der Waals surface area contributed by atoms with Crippen LogP contribution < -0.4 is 25.9 Å². The van der Waals surface area contributed by atoms with Gasteiger partial charge in [-0.25, -0.2) is 4.98 Å². The highest BCUT2D eigenvalue weighted by atomic mass is 16.6. The molecule has 0 saturated heterocycles. The third-order valence-electron chi connectivity index (χ3n) is 2.83. The molecule has 1 amide bonds. The van der Waals surface area contributed by atoms with Gasteiger partial charge in [0.15, 0.2) is 11.5 Å². The van der Waals surface area contributed by atoms with Crippen LogP contribution in [0.4, 0.5) is 5.69 Å². The van der Waals surface area contributed by atoms with Crippen LogP contribution in [0.15, 0.2) is 35.5 Å². The molecule has 0 saturated carbocycles. The van der Waals surface area contributed by atoms with Crippen molar-refractivity contribution in [3.05, 3.63) is 46.6 Å². The number of rotatable bonds is 3. The molecule has 8 heteroatoms. The smallest absolute Gasteiger partial charge is 0.276 e. The van der Waals surface area contributed by atoms with Crippen LogP contribution in [0.5, 0.6) is 11.5 Å². The summed E-state index contributed by atoms with van der Waals surface area (Å²) >= 11 is 0. The molecule has 108 valence electrons. The van der Waals surface area contributed by atoms with Crippen LogP contribution in [0.25, 0.3) is 0 Å². The number of nitrogens with zero attached hydrogens (tertiary/aromatic N) is 1. The molecule has 0 radical (unpaired) electrons. The van der Waals surface area contributed by atoms with Gasteiger partial charge in [-0.2, -0.15) is 0 Å². The van der Waals surface area contributed by atoms with Gasteiger partial charge in [0.1, 0.15) is 18.8 Å². The molecular weight excluding hydrogens is 276 g/mol. The van der Waals surface area contributed by atoms with Gasteiger partial charge in [-0.3, -0.25) is 20.4 Å². The van der Waals surface area contributed by atoms with E-state index in [1.807, 2.05) is 0 Å². The molecule has 1 aromatic carbocycles. The van der Waals surface area contributed by atoms with Crippen LogP contribution >= 0.6 is 0 Å². The summed E-state index contributed by atoms with van der Waals surface area (Å²) in [5.41, 5.74) is 5.14. The summed E-state index contributed by atoms with van der Waals surface area (Å²) < 4.78 is 10.8. The Labute approximate surface area is 119 Å². The summed E-state index contributed by atoms with van der Waals surface area (Å²) in [6.45, 7) is 0.994. The SMILES string of the molecule is O=C(NNc1ccc2c(c1)OCCO2)c1cnc[nH]c1=O. The fraction of sp³-hybridized carbons (Fsp3) is 0.154. The van der Waals surface area contributed by atoms with Gasteiger partial charge < -0.3 is 14.5 Å². The van der Waals surface area contributed by atoms with E-state index in [1.165, 1.54) is 12.5 Å². The quantitative estimate of drug-likeness (QED) is 0.701. The molecule has 0 atom stereocenters. The van der Waals surface area contributed by atoms with E-state index in [0.717, 1.165) is 0 Å². The first-order chi connectivity index (χ1) is 10.2. The number of anilines is 1. The second kappa shape index (κ2) is 5.53. The molecule has 0 bridgehead atoms. The lowest BCUT2D eigenvalue weighted by Gasteiger charge is -2.19. The second-order valence-corrected chi connectivity index (χ2v) is 4.23. The van der Waals surface area contributed by atoms with E-state index < -0.39 is 11.5 Å². The summed E-state index contributed by atoms with van der Waals surface area (Å²) in [7, 11) is 0. The van der Waals surface area contributed by atoms with Gasteiger partial charge in [0.25, 0.3) is 11.5 Å². The predicted octanol–water partition coefficient (Wildman–Crippen LogP) is 0.298. The number of nitrogens with one attached hydrogen (secondary N) is 3. The minimum absolute atomic E-state index is 0.0810. The average Bonchev–Trinajstić information content (AvgIpc) is 2.53. The number of fused-ring (bicyclic) bond motifs is 1. The van der Waals surface area contributed by atoms with E-state index in [-0.39, 0.29) is 5.56 Å². The first kappa shape index (κ1) is 13.0. The number of hydrogen-bond acceptors (Lipinski definition) is 6. The largest absolute Gasteiger partial charge is 0.486 e. The second-order valence-electron chi connectivity index (χ2n) is 4.23. The fourth-order valence-electron chi connectivity index (χ4n) is 1.82. The average molecular weight is 288 g/mol. The van der Waals surface area contributed by atoms with Crippen molar-refractivity contribution >= 4 is 11.6 Å². The highest BCUT2D eigenvalue weighted by molar-refractivity contribution is 5.94. The van der Waals surface area contributed by atoms with E-state index in [9.17, 15) is 9.59 Å². The Hall–Kier alpha value is -3.03. The van der Waals surface area contributed by atoms with Crippen molar-refractivity contribution in [1.82, 2.24) is 15.4 Å². The zero-order valence-corrected chi connectivity index (χ0v) is 10.9. The van der Waals surface area contributed by atoms with Crippen LogP contribution in [-0.2, 0) is 0 Å². The molecule has 0 fully saturated rings. The van der Waals surface area contributed by atoms with Gasteiger partial charge in [-0.15, -0.1) is 0 Å². The van der Waals surface area contributed by atoms with Crippen molar-refractivity contribution < 1.29 is 14.3 Å². The number of carbonyl (C=O) groups is 1. The Morgan fingerprint density at radius 1 is 1.24 bits per heavy atom. The Bertz CT molecular complexity index is 728. The molecule has 0 spiro atoms. The molecular formula is C13H12N4O4. The summed E-state index contributed by atoms with van der Waals surface area (Å²) in [5.74, 6) is 0.667. The molecule has 1 aliphatic heterocycles. The molecule has 3 N–H and O–H groups in total. The Morgan fingerprint density at radius 3 is 2.86 bits per heavy atom. The Kier molecular flexibility index (Phi) is 3.42. The number of aromatic nitrogens is 2. The zero-order chi connectivity index (χ0) is 14.7. The van der Waals surface area contributed by atoms with Gasteiger partial charge in [0.05, 0.1) is 12.0 Å². The minimum Gasteiger partial charge on any atom is -0.486 e. The van der Waals surface area contributed by atoms with Gasteiger partial charge in [0.2, 0.25) is 0 Å². The maximum Gasteiger partial charge on any atom is 0.276 e. The van der Waals surface area contributed by atoms with E-state index in [1.54, 1.807) is 18.2 Å². The van der Waals surface area contributed by atoms with Crippen molar-refractivity contribution in [2.24, 2.45) is 0 Å². The summed E-state index contributed by atoms with van der Waals surface area (Å²) in [6.07, 6.45) is 2.41. The van der Waals surface area contributed by atoms with E-state index in [0.29, 0.717) is 30.4 Å². The molecule has 21 heavy (non-hydrogen) atoms. The normalized spacial score (nSPS) is 12.6. The standard InChI is InChI=1S/C13H12N4O4/c18-12-9(6-14-7-15-12)13(19)17-16-8-1-2-10-11(5-8)21-4-3-20-10/h1-2,5-7,16H,3-4H2,(H,17,19)(H,14,15,18). The maximum absolute atomic E-state index is 11.8. The fourth-order valence-corrected chi connectivity index (χ4v) is 1.82. The molecule has 3 rings (SSSR count). The monoisotopic (exact) mass is 288 g/mol. The van der Waals surface area contributed by atoms with Crippen molar-refractivity contribution in [3.63, 3.8) is 0 Å². The lowest BCUT2D eigenvalue weighted by molar-refractivity contribution is 0.0960. The van der Waals surface area contributed by atoms with E-state index in [2.05, 4.69) is 20.8 Å². The highest BCUT2D eigenvalue weighted by Gasteiger charge is 2.13. The maximum atomic E-state index is 11.8. The molecule has 8 nitrogen and oxygen atoms in total. The van der Waals surface area contributed by atoms with Gasteiger partial charge >= 0.3 is 0 Å². The number of H-pyrrole nitrogens is 1. The first-order valence-corrected chi connectivity index (χ1v) is 6.23. The van der Waals surface area contributed by atoms with Crippen LogP contribution in [-0.4, -0.2) is 29.1 Å². The molecule has 0 aliphatic carbocycles. The van der Waals surface area contributed by atoms with Crippen molar-refractivity contribution in [3.8, 4) is 11.5 Å². The summed E-state index contributed by atoms with van der Waals surface area (Å²) in [6, 6.07) is 5.16. The van der Waals surface area contributed by atoms with E-state index in [4.69, 9.17) is 9.47 Å². The molecule has 1 aliphatic rings. The van der Waals surface area contributed by atoms with Crippen LogP contribution in [0.1, 0.15) is 10.4 Å². The molecule has 1 aromatic heterocycles. The van der Waals surface area contributed by atoms with Crippen molar-refractivity contribution in [2.75, 3.05) is 18.6 Å². The zero-order valence-electron chi connectivity index (χ0n) is 10.9. The lowest BCUT2D eigenvalue weighted by atomic mass is 10.2. The van der Waals surface area contributed by atoms with E-state index >= 15 is 0 Å². The molecule has 0 unspecified atom stereocenters. The van der Waals surface area contributed by atoms with Crippen LogP contribution in [0, 0.1) is 0 Å². The minimum atomic E-state index is -0.584. The third-order valence-corrected chi connectivity index (χ3v) is 2.83. The number of carbonyl (C=O) groups excluding carboxylic acids is 1. The highest BCUT2D eigenvalue weighted by Crippen LogP contribution is 2.32. The van der Waals surface area contributed by atoms with Crippen molar-refractivity contribution in [2.45, 2.75) is 0 Å². The van der Waals surface area contributed by atoms with Gasteiger partial charge in [-0.1, -0.05) is 0 Å². The lowest BCUT2D eigenvalue weighted by Crippen LogP contribution is -2.33. The first-order valence-electron chi connectivity index (χ1n) is 6.23. The summed E-state index contributed by atoms with van der Waals surface area (Å²) in [4.78, 5) is 29.3. The Balaban J connectivity index is 1.69. The topological polar surface area (TPSA) is 105 Å². The van der Waals surface area contributed by atoms with Crippen LogP contribution in [0.3, 0.4) is 0 Å². The molecule has 2 heterocycles. The van der Waals surface area contributed by atoms with Crippen molar-refractivity contribution in [1.29, 1.82) is 0 Å². The number of hydrogen-bond donors (Lipinski definition) is 3. The number of hydrazine groups is 1. The number of benzene rings is 1. The predicted molar refractivity (Wildman–Crippen MR) is 73.4 cm³/mol. The van der Waals surface area contributed by atoms with Crippen LogP contribution in [0.2, 0.25) is 0 Å². The van der Waals surface area contributed by atoms with Gasteiger partial charge in [-0.05, 0) is 12.1 Å². The third kappa shape index (κ3) is 2.78. The number of ether oxygens (including phenoxy) is 2. The number of amides is 1. The number of aromatic amines is 1. The van der Waals surface area contributed by atoms with Gasteiger partial charge in [0, 0.05) is 12.3 Å². The molecule has 2 aromatic rings. The summed E-state index contributed by atoms with van der Waals surface area (Å²) in [5, 5.41) is 0.